The Labute approximate surface area is 90.3 Å². The maximum Gasteiger partial charge on any atom is 0.292 e. The molecule has 0 aromatic rings. The van der Waals surface area contributed by atoms with Crippen LogP contribution in [0.15, 0.2) is 0 Å². The Balaban J connectivity index is 3.62. The van der Waals surface area contributed by atoms with Crippen molar-refractivity contribution < 1.29 is 9.22 Å². The molecule has 2 nitrogen and oxygen atoms in total. The highest BCUT2D eigenvalue weighted by atomic mass is 79.9. The second-order valence-electron chi connectivity index (χ2n) is 3.82. The van der Waals surface area contributed by atoms with Crippen LogP contribution in [0.1, 0.15) is 32.6 Å². The zero-order chi connectivity index (χ0) is 10.3. The van der Waals surface area contributed by atoms with E-state index in [4.69, 9.17) is 4.43 Å². The standard InChI is InChI=1S/C9H19BrO2Si/c1-4-5-6-7-9(11)12-13(2,3)8-10/h4-8H2,1-3H3. The Morgan fingerprint density at radius 1 is 1.38 bits per heavy atom. The molecule has 0 aliphatic heterocycles. The lowest BCUT2D eigenvalue weighted by Gasteiger charge is -2.19. The number of alkyl halides is 1. The molecular weight excluding hydrogens is 248 g/mol. The lowest BCUT2D eigenvalue weighted by molar-refractivity contribution is -0.135. The first-order chi connectivity index (χ1) is 6.02. The van der Waals surface area contributed by atoms with Gasteiger partial charge in [-0.3, -0.25) is 4.79 Å². The molecular formula is C9H19BrO2Si. The number of halogens is 1. The highest BCUT2D eigenvalue weighted by Gasteiger charge is 2.24. The zero-order valence-corrected chi connectivity index (χ0v) is 11.3. The minimum Gasteiger partial charge on any atom is -0.519 e. The van der Waals surface area contributed by atoms with Crippen LogP contribution < -0.4 is 0 Å². The molecule has 0 aliphatic carbocycles. The summed E-state index contributed by atoms with van der Waals surface area (Å²) in [6.07, 6.45) is 3.80. The summed E-state index contributed by atoms with van der Waals surface area (Å²) < 4.78 is 5.39. The van der Waals surface area contributed by atoms with Crippen LogP contribution in [0.2, 0.25) is 13.1 Å². The predicted molar refractivity (Wildman–Crippen MR) is 61.5 cm³/mol. The number of carbonyl (C=O) groups is 1. The van der Waals surface area contributed by atoms with Gasteiger partial charge in [-0.05, 0) is 19.5 Å². The lowest BCUT2D eigenvalue weighted by atomic mass is 10.2. The Kier molecular flexibility index (Phi) is 6.68. The predicted octanol–water partition coefficient (Wildman–Crippen LogP) is 3.25. The molecule has 0 rings (SSSR count). The summed E-state index contributed by atoms with van der Waals surface area (Å²) in [4.78, 5) is 12.1. The number of hydrogen-bond acceptors (Lipinski definition) is 2. The molecule has 0 fully saturated rings. The van der Waals surface area contributed by atoms with Gasteiger partial charge in [0.05, 0.1) is 0 Å². The van der Waals surface area contributed by atoms with Crippen molar-refractivity contribution in [3.63, 3.8) is 0 Å². The third-order valence-corrected chi connectivity index (χ3v) is 7.17. The third kappa shape index (κ3) is 7.25. The topological polar surface area (TPSA) is 26.3 Å². The van der Waals surface area contributed by atoms with Crippen LogP contribution in [-0.2, 0) is 9.22 Å². The van der Waals surface area contributed by atoms with E-state index in [1.54, 1.807) is 0 Å². The minimum absolute atomic E-state index is 0.0235. The second kappa shape index (κ2) is 6.60. The van der Waals surface area contributed by atoms with E-state index in [-0.39, 0.29) is 5.97 Å². The maximum atomic E-state index is 11.3. The lowest BCUT2D eigenvalue weighted by Crippen LogP contribution is -2.35. The van der Waals surface area contributed by atoms with E-state index in [2.05, 4.69) is 22.9 Å². The van der Waals surface area contributed by atoms with Crippen molar-refractivity contribution in [2.75, 3.05) is 4.95 Å². The molecule has 0 aromatic heterocycles. The normalized spacial score (nSPS) is 11.4. The number of unbranched alkanes of at least 4 members (excludes halogenated alkanes) is 2. The Morgan fingerprint density at radius 2 is 2.00 bits per heavy atom. The molecule has 0 radical (unpaired) electrons. The zero-order valence-electron chi connectivity index (χ0n) is 8.73. The molecule has 13 heavy (non-hydrogen) atoms. The van der Waals surface area contributed by atoms with Crippen LogP contribution in [0.3, 0.4) is 0 Å². The van der Waals surface area contributed by atoms with E-state index in [0.717, 1.165) is 24.2 Å². The average molecular weight is 267 g/mol. The van der Waals surface area contributed by atoms with Crippen molar-refractivity contribution in [2.24, 2.45) is 0 Å². The van der Waals surface area contributed by atoms with Gasteiger partial charge in [0.1, 0.15) is 0 Å². The number of carbonyl (C=O) groups excluding carboxylic acids is 1. The van der Waals surface area contributed by atoms with Gasteiger partial charge in [-0.15, -0.1) is 0 Å². The van der Waals surface area contributed by atoms with Gasteiger partial charge >= 0.3 is 0 Å². The van der Waals surface area contributed by atoms with Gasteiger partial charge in [-0.25, -0.2) is 0 Å². The van der Waals surface area contributed by atoms with Gasteiger partial charge in [-0.1, -0.05) is 35.7 Å². The molecule has 0 saturated carbocycles. The quantitative estimate of drug-likeness (QED) is 0.419. The minimum atomic E-state index is -1.73. The third-order valence-electron chi connectivity index (χ3n) is 1.70. The molecule has 0 saturated heterocycles. The second-order valence-corrected chi connectivity index (χ2v) is 9.50. The molecule has 0 amide bonds. The molecule has 4 heteroatoms. The molecule has 0 bridgehead atoms. The number of hydrogen-bond donors (Lipinski definition) is 0. The van der Waals surface area contributed by atoms with E-state index in [1.165, 1.54) is 0 Å². The van der Waals surface area contributed by atoms with Crippen LogP contribution in [0.5, 0.6) is 0 Å². The molecule has 78 valence electrons. The van der Waals surface area contributed by atoms with Crippen molar-refractivity contribution in [1.29, 1.82) is 0 Å². The van der Waals surface area contributed by atoms with Crippen molar-refractivity contribution >= 4 is 30.2 Å². The summed E-state index contributed by atoms with van der Waals surface area (Å²) >= 11 is 3.37. The summed E-state index contributed by atoms with van der Waals surface area (Å²) in [5.41, 5.74) is 0. The smallest absolute Gasteiger partial charge is 0.292 e. The molecule has 0 N–H and O–H groups in total. The van der Waals surface area contributed by atoms with E-state index >= 15 is 0 Å². The van der Waals surface area contributed by atoms with Gasteiger partial charge in [0.25, 0.3) is 14.3 Å². The van der Waals surface area contributed by atoms with E-state index < -0.39 is 8.32 Å². The summed E-state index contributed by atoms with van der Waals surface area (Å²) in [5.74, 6) is -0.0235. The first-order valence-electron chi connectivity index (χ1n) is 4.79. The van der Waals surface area contributed by atoms with Crippen LogP contribution in [-0.4, -0.2) is 19.2 Å². The molecule has 0 heterocycles. The highest BCUT2D eigenvalue weighted by Crippen LogP contribution is 2.10. The molecule has 0 aliphatic rings. The molecule has 0 aromatic carbocycles. The van der Waals surface area contributed by atoms with Crippen LogP contribution in [0, 0.1) is 0 Å². The van der Waals surface area contributed by atoms with Crippen molar-refractivity contribution in [1.82, 2.24) is 0 Å². The first-order valence-corrected chi connectivity index (χ1v) is 9.03. The summed E-state index contributed by atoms with van der Waals surface area (Å²) in [7, 11) is -1.73. The monoisotopic (exact) mass is 266 g/mol. The van der Waals surface area contributed by atoms with E-state index in [0.29, 0.717) is 6.42 Å². The first kappa shape index (κ1) is 13.2. The fourth-order valence-corrected chi connectivity index (χ4v) is 2.02. The fourth-order valence-electron chi connectivity index (χ4n) is 0.906. The highest BCUT2D eigenvalue weighted by molar-refractivity contribution is 9.09. The molecule has 0 unspecified atom stereocenters. The summed E-state index contributed by atoms with van der Waals surface area (Å²) in [6, 6.07) is 0. The Bertz CT molecular complexity index is 160. The van der Waals surface area contributed by atoms with Gasteiger partial charge in [-0.2, -0.15) is 0 Å². The summed E-state index contributed by atoms with van der Waals surface area (Å²) in [5, 5.41) is 0. The van der Waals surface area contributed by atoms with Crippen molar-refractivity contribution in [2.45, 2.75) is 45.7 Å². The molecule has 0 spiro atoms. The maximum absolute atomic E-state index is 11.3. The van der Waals surface area contributed by atoms with E-state index in [9.17, 15) is 4.79 Å². The van der Waals surface area contributed by atoms with Crippen molar-refractivity contribution in [3.8, 4) is 0 Å². The van der Waals surface area contributed by atoms with Gasteiger partial charge in [0.2, 0.25) is 0 Å². The van der Waals surface area contributed by atoms with Crippen LogP contribution >= 0.6 is 15.9 Å². The van der Waals surface area contributed by atoms with E-state index in [1.807, 2.05) is 13.1 Å². The van der Waals surface area contributed by atoms with Crippen LogP contribution in [0.4, 0.5) is 0 Å². The summed E-state index contributed by atoms with van der Waals surface area (Å²) in [6.45, 7) is 6.21. The fraction of sp³-hybridized carbons (Fsp3) is 0.889. The Morgan fingerprint density at radius 3 is 2.46 bits per heavy atom. The largest absolute Gasteiger partial charge is 0.519 e. The van der Waals surface area contributed by atoms with Gasteiger partial charge in [0, 0.05) is 11.4 Å². The van der Waals surface area contributed by atoms with Gasteiger partial charge < -0.3 is 4.43 Å². The van der Waals surface area contributed by atoms with Crippen LogP contribution in [0.25, 0.3) is 0 Å². The van der Waals surface area contributed by atoms with Crippen molar-refractivity contribution in [3.05, 3.63) is 0 Å². The molecule has 0 atom stereocenters. The SMILES string of the molecule is CCCCCC(=O)O[Si](C)(C)CBr. The van der Waals surface area contributed by atoms with Gasteiger partial charge in [0.15, 0.2) is 0 Å². The Hall–Kier alpha value is 0.167. The number of rotatable bonds is 6. The average Bonchev–Trinajstić information content (AvgIpc) is 2.04.